The smallest absolute Gasteiger partial charge is 0.107 e. The molecule has 0 bridgehead atoms. The first-order valence-electron chi connectivity index (χ1n) is 6.74. The molecule has 108 valence electrons. The highest BCUT2D eigenvalue weighted by Crippen LogP contribution is 2.14. The van der Waals surface area contributed by atoms with Crippen LogP contribution < -0.4 is 5.32 Å². The van der Waals surface area contributed by atoms with Crippen LogP contribution in [0.15, 0.2) is 29.6 Å². The van der Waals surface area contributed by atoms with E-state index in [9.17, 15) is 0 Å². The molecule has 0 radical (unpaired) electrons. The van der Waals surface area contributed by atoms with Crippen LogP contribution in [0.25, 0.3) is 0 Å². The summed E-state index contributed by atoms with van der Waals surface area (Å²) in [7, 11) is 2.11. The van der Waals surface area contributed by atoms with Crippen LogP contribution in [0.5, 0.6) is 0 Å². The molecule has 0 amide bonds. The van der Waals surface area contributed by atoms with Gasteiger partial charge in [0.25, 0.3) is 0 Å². The van der Waals surface area contributed by atoms with Crippen molar-refractivity contribution < 1.29 is 0 Å². The van der Waals surface area contributed by atoms with E-state index in [-0.39, 0.29) is 0 Å². The summed E-state index contributed by atoms with van der Waals surface area (Å²) in [4.78, 5) is 6.90. The van der Waals surface area contributed by atoms with Crippen LogP contribution in [0.3, 0.4) is 0 Å². The van der Waals surface area contributed by atoms with E-state index in [1.54, 1.807) is 11.3 Å². The molecule has 0 saturated carbocycles. The Morgan fingerprint density at radius 2 is 2.00 bits per heavy atom. The van der Waals surface area contributed by atoms with E-state index >= 15 is 0 Å². The van der Waals surface area contributed by atoms with E-state index in [1.807, 2.05) is 12.1 Å². The fraction of sp³-hybridized carbons (Fsp3) is 0.400. The fourth-order valence-electron chi connectivity index (χ4n) is 1.97. The summed E-state index contributed by atoms with van der Waals surface area (Å²) in [6.07, 6.45) is 0. The molecule has 2 aromatic rings. The third kappa shape index (κ3) is 4.87. The monoisotopic (exact) mass is 309 g/mol. The predicted molar refractivity (Wildman–Crippen MR) is 86.1 cm³/mol. The van der Waals surface area contributed by atoms with Crippen molar-refractivity contribution in [3.05, 3.63) is 50.9 Å². The molecule has 0 atom stereocenters. The molecule has 3 nitrogen and oxygen atoms in total. The molecule has 0 aliphatic carbocycles. The number of nitrogens with zero attached hydrogens (tertiary/aromatic N) is 2. The molecule has 0 aliphatic heterocycles. The Bertz CT molecular complexity index is 524. The molecule has 0 spiro atoms. The third-order valence-corrected chi connectivity index (χ3v) is 4.07. The Hall–Kier alpha value is -0.940. The van der Waals surface area contributed by atoms with E-state index in [0.717, 1.165) is 41.9 Å². The Balaban J connectivity index is 1.86. The minimum Gasteiger partial charge on any atom is -0.311 e. The second kappa shape index (κ2) is 7.74. The average molecular weight is 310 g/mol. The minimum absolute atomic E-state index is 0.781. The Labute approximate surface area is 129 Å². The van der Waals surface area contributed by atoms with Gasteiger partial charge in [-0.15, -0.1) is 11.3 Å². The molecular formula is C15H20ClN3S. The standard InChI is InChI=1S/C15H20ClN3S/c1-3-17-8-15-18-14(11-20-15)10-19(2)9-12-4-6-13(16)7-5-12/h4-7,11,17H,3,8-10H2,1-2H3. The van der Waals surface area contributed by atoms with Crippen molar-refractivity contribution in [3.8, 4) is 0 Å². The first kappa shape index (κ1) is 15.4. The highest BCUT2D eigenvalue weighted by atomic mass is 35.5. The van der Waals surface area contributed by atoms with Crippen molar-refractivity contribution in [2.24, 2.45) is 0 Å². The summed E-state index contributed by atoms with van der Waals surface area (Å²) in [6, 6.07) is 8.00. The molecule has 5 heteroatoms. The first-order valence-corrected chi connectivity index (χ1v) is 8.00. The molecule has 0 fully saturated rings. The van der Waals surface area contributed by atoms with Gasteiger partial charge in [0.2, 0.25) is 0 Å². The summed E-state index contributed by atoms with van der Waals surface area (Å²) >= 11 is 7.62. The molecule has 0 aliphatic rings. The van der Waals surface area contributed by atoms with E-state index < -0.39 is 0 Å². The van der Waals surface area contributed by atoms with Crippen LogP contribution >= 0.6 is 22.9 Å². The van der Waals surface area contributed by atoms with E-state index in [4.69, 9.17) is 11.6 Å². The maximum atomic E-state index is 5.89. The van der Waals surface area contributed by atoms with Crippen molar-refractivity contribution >= 4 is 22.9 Å². The maximum Gasteiger partial charge on any atom is 0.107 e. The van der Waals surface area contributed by atoms with Gasteiger partial charge < -0.3 is 5.32 Å². The topological polar surface area (TPSA) is 28.2 Å². The van der Waals surface area contributed by atoms with Gasteiger partial charge in [0, 0.05) is 30.0 Å². The maximum absolute atomic E-state index is 5.89. The van der Waals surface area contributed by atoms with Crippen LogP contribution in [0, 0.1) is 0 Å². The van der Waals surface area contributed by atoms with Gasteiger partial charge >= 0.3 is 0 Å². The lowest BCUT2D eigenvalue weighted by Gasteiger charge is -2.15. The molecule has 20 heavy (non-hydrogen) atoms. The number of rotatable bonds is 7. The van der Waals surface area contributed by atoms with Crippen molar-refractivity contribution in [2.75, 3.05) is 13.6 Å². The molecule has 0 unspecified atom stereocenters. The van der Waals surface area contributed by atoms with Gasteiger partial charge in [0.05, 0.1) is 5.69 Å². The highest BCUT2D eigenvalue weighted by molar-refractivity contribution is 7.09. The zero-order valence-corrected chi connectivity index (χ0v) is 13.5. The minimum atomic E-state index is 0.781. The lowest BCUT2D eigenvalue weighted by Crippen LogP contribution is -2.17. The second-order valence-corrected chi connectivity index (χ2v) is 6.19. The van der Waals surface area contributed by atoms with Crippen molar-refractivity contribution in [1.29, 1.82) is 0 Å². The zero-order valence-electron chi connectivity index (χ0n) is 11.9. The van der Waals surface area contributed by atoms with Crippen molar-refractivity contribution in [1.82, 2.24) is 15.2 Å². The van der Waals surface area contributed by atoms with Crippen molar-refractivity contribution in [3.63, 3.8) is 0 Å². The fourth-order valence-corrected chi connectivity index (χ4v) is 2.85. The first-order chi connectivity index (χ1) is 9.67. The van der Waals surface area contributed by atoms with Gasteiger partial charge in [-0.25, -0.2) is 4.98 Å². The highest BCUT2D eigenvalue weighted by Gasteiger charge is 2.06. The normalized spacial score (nSPS) is 11.2. The van der Waals surface area contributed by atoms with Gasteiger partial charge in [-0.05, 0) is 31.3 Å². The molecule has 1 aromatic carbocycles. The van der Waals surface area contributed by atoms with Crippen LogP contribution in [-0.4, -0.2) is 23.5 Å². The number of hydrogen-bond acceptors (Lipinski definition) is 4. The van der Waals surface area contributed by atoms with Crippen LogP contribution in [-0.2, 0) is 19.6 Å². The SMILES string of the molecule is CCNCc1nc(CN(C)Cc2ccc(Cl)cc2)cs1. The van der Waals surface area contributed by atoms with E-state index in [2.05, 4.69) is 46.7 Å². The quantitative estimate of drug-likeness (QED) is 0.848. The van der Waals surface area contributed by atoms with Gasteiger partial charge in [-0.3, -0.25) is 4.90 Å². The van der Waals surface area contributed by atoms with Crippen LogP contribution in [0.2, 0.25) is 5.02 Å². The predicted octanol–water partition coefficient (Wildman–Crippen LogP) is 3.54. The Morgan fingerprint density at radius 1 is 1.25 bits per heavy atom. The molecule has 0 saturated heterocycles. The number of hydrogen-bond donors (Lipinski definition) is 1. The van der Waals surface area contributed by atoms with Crippen molar-refractivity contribution in [2.45, 2.75) is 26.6 Å². The largest absolute Gasteiger partial charge is 0.311 e. The number of halogens is 1. The zero-order chi connectivity index (χ0) is 14.4. The van der Waals surface area contributed by atoms with Gasteiger partial charge in [-0.1, -0.05) is 30.7 Å². The van der Waals surface area contributed by atoms with Gasteiger partial charge in [-0.2, -0.15) is 0 Å². The van der Waals surface area contributed by atoms with Gasteiger partial charge in [0.15, 0.2) is 0 Å². The lowest BCUT2D eigenvalue weighted by atomic mass is 10.2. The molecule has 1 heterocycles. The molecular weight excluding hydrogens is 290 g/mol. The Kier molecular flexibility index (Phi) is 5.98. The number of nitrogens with one attached hydrogen (secondary N) is 1. The average Bonchev–Trinajstić information content (AvgIpc) is 2.86. The molecule has 1 aromatic heterocycles. The second-order valence-electron chi connectivity index (χ2n) is 4.81. The summed E-state index contributed by atoms with van der Waals surface area (Å²) in [6.45, 7) is 5.71. The lowest BCUT2D eigenvalue weighted by molar-refractivity contribution is 0.315. The van der Waals surface area contributed by atoms with E-state index in [0.29, 0.717) is 0 Å². The number of benzene rings is 1. The van der Waals surface area contributed by atoms with Crippen LogP contribution in [0.4, 0.5) is 0 Å². The van der Waals surface area contributed by atoms with Crippen LogP contribution in [0.1, 0.15) is 23.2 Å². The summed E-state index contributed by atoms with van der Waals surface area (Å²) < 4.78 is 0. The Morgan fingerprint density at radius 3 is 2.70 bits per heavy atom. The summed E-state index contributed by atoms with van der Waals surface area (Å²) in [5.41, 5.74) is 2.40. The summed E-state index contributed by atoms with van der Waals surface area (Å²) in [5, 5.41) is 7.38. The third-order valence-electron chi connectivity index (χ3n) is 2.92. The van der Waals surface area contributed by atoms with Gasteiger partial charge in [0.1, 0.15) is 5.01 Å². The summed E-state index contributed by atoms with van der Waals surface area (Å²) in [5.74, 6) is 0. The number of thiazole rings is 1. The molecule has 1 N–H and O–H groups in total. The molecule has 2 rings (SSSR count). The van der Waals surface area contributed by atoms with E-state index in [1.165, 1.54) is 5.56 Å². The number of aromatic nitrogens is 1.